The highest BCUT2D eigenvalue weighted by atomic mass is 35.5. The molecule has 2 rings (SSSR count). The molecule has 1 unspecified atom stereocenters. The lowest BCUT2D eigenvalue weighted by Gasteiger charge is -2.25. The molecule has 0 aliphatic carbocycles. The molecular weight excluding hydrogens is 269 g/mol. The van der Waals surface area contributed by atoms with Crippen LogP contribution in [0.1, 0.15) is 18.5 Å². The fourth-order valence-corrected chi connectivity index (χ4v) is 1.89. The Kier molecular flexibility index (Phi) is 4.04. The molecule has 1 aromatic heterocycles. The van der Waals surface area contributed by atoms with Gasteiger partial charge in [0.1, 0.15) is 0 Å². The van der Waals surface area contributed by atoms with Crippen LogP contribution in [-0.4, -0.2) is 17.2 Å². The second-order valence-corrected chi connectivity index (χ2v) is 4.88. The zero-order chi connectivity index (χ0) is 13.1. The molecular formula is C13H13Cl2N3. The van der Waals surface area contributed by atoms with Crippen molar-refractivity contribution in [2.45, 2.75) is 13.0 Å². The summed E-state index contributed by atoms with van der Waals surface area (Å²) in [6, 6.07) is 11.5. The van der Waals surface area contributed by atoms with E-state index in [1.807, 2.05) is 42.3 Å². The van der Waals surface area contributed by atoms with Gasteiger partial charge in [-0.25, -0.2) is 0 Å². The molecule has 0 N–H and O–H groups in total. The van der Waals surface area contributed by atoms with Crippen molar-refractivity contribution < 1.29 is 0 Å². The van der Waals surface area contributed by atoms with Gasteiger partial charge in [0.15, 0.2) is 11.0 Å². The molecule has 0 bridgehead atoms. The van der Waals surface area contributed by atoms with Crippen LogP contribution in [0.4, 0.5) is 5.82 Å². The largest absolute Gasteiger partial charge is 0.351 e. The molecule has 2 aromatic rings. The number of anilines is 1. The first-order valence-corrected chi connectivity index (χ1v) is 6.31. The maximum absolute atomic E-state index is 5.88. The topological polar surface area (TPSA) is 29.0 Å². The average molecular weight is 282 g/mol. The first kappa shape index (κ1) is 13.1. The molecule has 0 fully saturated rings. The van der Waals surface area contributed by atoms with E-state index in [0.717, 1.165) is 10.8 Å². The monoisotopic (exact) mass is 281 g/mol. The smallest absolute Gasteiger partial charge is 0.151 e. The van der Waals surface area contributed by atoms with Crippen LogP contribution in [0.3, 0.4) is 0 Å². The summed E-state index contributed by atoms with van der Waals surface area (Å²) in [6.45, 7) is 2.10. The van der Waals surface area contributed by atoms with E-state index in [1.54, 1.807) is 6.07 Å². The Morgan fingerprint density at radius 1 is 1.00 bits per heavy atom. The number of rotatable bonds is 3. The Morgan fingerprint density at radius 3 is 2.22 bits per heavy atom. The Labute approximate surface area is 116 Å². The van der Waals surface area contributed by atoms with E-state index in [2.05, 4.69) is 17.1 Å². The van der Waals surface area contributed by atoms with Gasteiger partial charge in [0.25, 0.3) is 0 Å². The predicted octanol–water partition coefficient (Wildman–Crippen LogP) is 3.98. The molecule has 0 radical (unpaired) electrons. The van der Waals surface area contributed by atoms with Gasteiger partial charge in [-0.15, -0.1) is 10.2 Å². The summed E-state index contributed by atoms with van der Waals surface area (Å²) in [5.74, 6) is 0.779. The van der Waals surface area contributed by atoms with Crippen LogP contribution in [0.5, 0.6) is 0 Å². The second-order valence-electron chi connectivity index (χ2n) is 4.05. The fraction of sp³-hybridized carbons (Fsp3) is 0.231. The highest BCUT2D eigenvalue weighted by Gasteiger charge is 2.13. The van der Waals surface area contributed by atoms with E-state index in [1.165, 1.54) is 5.56 Å². The van der Waals surface area contributed by atoms with Crippen LogP contribution in [0.25, 0.3) is 0 Å². The van der Waals surface area contributed by atoms with E-state index in [4.69, 9.17) is 23.2 Å². The van der Waals surface area contributed by atoms with Crippen molar-refractivity contribution >= 4 is 29.0 Å². The normalized spacial score (nSPS) is 12.2. The lowest BCUT2D eigenvalue weighted by Crippen LogP contribution is -2.22. The van der Waals surface area contributed by atoms with Crippen molar-refractivity contribution in [2.75, 3.05) is 11.9 Å². The lowest BCUT2D eigenvalue weighted by molar-refractivity contribution is 0.720. The van der Waals surface area contributed by atoms with Crippen molar-refractivity contribution in [2.24, 2.45) is 0 Å². The van der Waals surface area contributed by atoms with Crippen molar-refractivity contribution in [1.82, 2.24) is 10.2 Å². The third kappa shape index (κ3) is 2.92. The molecule has 0 amide bonds. The summed E-state index contributed by atoms with van der Waals surface area (Å²) in [6.07, 6.45) is 0. The summed E-state index contributed by atoms with van der Waals surface area (Å²) in [7, 11) is 1.97. The highest BCUT2D eigenvalue weighted by Crippen LogP contribution is 2.24. The summed E-state index contributed by atoms with van der Waals surface area (Å²) in [5, 5.41) is 9.03. The number of hydrogen-bond acceptors (Lipinski definition) is 3. The van der Waals surface area contributed by atoms with Gasteiger partial charge in [-0.1, -0.05) is 35.3 Å². The number of hydrogen-bond donors (Lipinski definition) is 0. The van der Waals surface area contributed by atoms with E-state index in [9.17, 15) is 0 Å². The molecule has 0 saturated heterocycles. The van der Waals surface area contributed by atoms with Gasteiger partial charge in [0, 0.05) is 12.1 Å². The maximum Gasteiger partial charge on any atom is 0.151 e. The van der Waals surface area contributed by atoms with Gasteiger partial charge in [-0.2, -0.15) is 0 Å². The van der Waals surface area contributed by atoms with Gasteiger partial charge >= 0.3 is 0 Å². The van der Waals surface area contributed by atoms with Gasteiger partial charge in [-0.05, 0) is 36.8 Å². The highest BCUT2D eigenvalue weighted by molar-refractivity contribution is 6.30. The number of aromatic nitrogens is 2. The van der Waals surface area contributed by atoms with Gasteiger partial charge in [0.2, 0.25) is 0 Å². The minimum Gasteiger partial charge on any atom is -0.351 e. The first-order chi connectivity index (χ1) is 8.58. The zero-order valence-electron chi connectivity index (χ0n) is 10.1. The van der Waals surface area contributed by atoms with Crippen LogP contribution in [0, 0.1) is 0 Å². The fourth-order valence-electron chi connectivity index (χ4n) is 1.66. The Bertz CT molecular complexity index is 461. The van der Waals surface area contributed by atoms with Crippen LogP contribution in [0.2, 0.25) is 10.2 Å². The molecule has 0 aliphatic rings. The van der Waals surface area contributed by atoms with E-state index < -0.39 is 0 Å². The van der Waals surface area contributed by atoms with Gasteiger partial charge in [0.05, 0.1) is 6.04 Å². The summed E-state index contributed by atoms with van der Waals surface area (Å²) in [5.41, 5.74) is 1.17. The van der Waals surface area contributed by atoms with Gasteiger partial charge < -0.3 is 4.90 Å². The summed E-state index contributed by atoms with van der Waals surface area (Å²) in [4.78, 5) is 2.03. The lowest BCUT2D eigenvalue weighted by atomic mass is 10.1. The van der Waals surface area contributed by atoms with Gasteiger partial charge in [-0.3, -0.25) is 0 Å². The molecule has 1 heterocycles. The van der Waals surface area contributed by atoms with E-state index in [0.29, 0.717) is 5.15 Å². The Balaban J connectivity index is 2.20. The van der Waals surface area contributed by atoms with Crippen LogP contribution < -0.4 is 4.90 Å². The molecule has 5 heteroatoms. The van der Waals surface area contributed by atoms with Crippen LogP contribution >= 0.6 is 23.2 Å². The van der Waals surface area contributed by atoms with Crippen molar-refractivity contribution in [3.63, 3.8) is 0 Å². The predicted molar refractivity (Wildman–Crippen MR) is 75.3 cm³/mol. The van der Waals surface area contributed by atoms with E-state index >= 15 is 0 Å². The number of nitrogens with zero attached hydrogens (tertiary/aromatic N) is 3. The summed E-state index contributed by atoms with van der Waals surface area (Å²) >= 11 is 11.6. The Hall–Kier alpha value is -1.32. The van der Waals surface area contributed by atoms with E-state index in [-0.39, 0.29) is 6.04 Å². The van der Waals surface area contributed by atoms with Crippen LogP contribution in [0.15, 0.2) is 36.4 Å². The average Bonchev–Trinajstić information content (AvgIpc) is 2.39. The third-order valence-electron chi connectivity index (χ3n) is 2.91. The molecule has 3 nitrogen and oxygen atoms in total. The SMILES string of the molecule is CC(c1ccc(Cl)cc1)N(C)c1ccc(Cl)nn1. The minimum atomic E-state index is 0.178. The standard InChI is InChI=1S/C13H13Cl2N3/c1-9(10-3-5-11(14)6-4-10)18(2)13-8-7-12(15)16-17-13/h3-9H,1-2H3. The summed E-state index contributed by atoms with van der Waals surface area (Å²) < 4.78 is 0. The molecule has 0 saturated carbocycles. The molecule has 94 valence electrons. The Morgan fingerprint density at radius 2 is 1.67 bits per heavy atom. The van der Waals surface area contributed by atoms with Crippen molar-refractivity contribution in [3.05, 3.63) is 52.1 Å². The number of benzene rings is 1. The van der Waals surface area contributed by atoms with Crippen molar-refractivity contribution in [3.8, 4) is 0 Å². The zero-order valence-corrected chi connectivity index (χ0v) is 11.7. The second kappa shape index (κ2) is 5.55. The minimum absolute atomic E-state index is 0.178. The first-order valence-electron chi connectivity index (χ1n) is 5.55. The number of halogens is 2. The molecule has 1 atom stereocenters. The molecule has 0 aliphatic heterocycles. The van der Waals surface area contributed by atoms with Crippen LogP contribution in [-0.2, 0) is 0 Å². The quantitative estimate of drug-likeness (QED) is 0.852. The molecule has 1 aromatic carbocycles. The molecule has 0 spiro atoms. The van der Waals surface area contributed by atoms with Crippen molar-refractivity contribution in [1.29, 1.82) is 0 Å². The third-order valence-corrected chi connectivity index (χ3v) is 3.37. The maximum atomic E-state index is 5.88. The molecule has 18 heavy (non-hydrogen) atoms.